The van der Waals surface area contributed by atoms with Crippen molar-refractivity contribution in [1.29, 1.82) is 0 Å². The third-order valence-corrected chi connectivity index (χ3v) is 2.52. The molecule has 0 heterocycles. The van der Waals surface area contributed by atoms with Crippen LogP contribution in [0, 0.1) is 0 Å². The van der Waals surface area contributed by atoms with Gasteiger partial charge in [-0.15, -0.1) is 11.6 Å². The smallest absolute Gasteiger partial charge is 0.147 e. The Hall–Kier alpha value is -0.340. The molecule has 0 saturated carbocycles. The lowest BCUT2D eigenvalue weighted by Crippen LogP contribution is -2.00. The molecule has 0 aliphatic heterocycles. The number of carbonyl (C=O) groups is 1. The third kappa shape index (κ3) is 3.92. The number of ketones is 1. The van der Waals surface area contributed by atoms with Crippen LogP contribution in [0.2, 0.25) is 0 Å². The first-order valence-electron chi connectivity index (χ1n) is 4.04. The predicted molar refractivity (Wildman–Crippen MR) is 58.2 cm³/mol. The molecule has 3 heteroatoms. The van der Waals surface area contributed by atoms with Gasteiger partial charge in [-0.1, -0.05) is 28.1 Å². The lowest BCUT2D eigenvalue weighted by atomic mass is 10.1. The van der Waals surface area contributed by atoms with Gasteiger partial charge < -0.3 is 0 Å². The van der Waals surface area contributed by atoms with Crippen molar-refractivity contribution < 1.29 is 4.79 Å². The summed E-state index contributed by atoms with van der Waals surface area (Å²) in [6.07, 6.45) is 1.30. The molecule has 0 amide bonds. The second kappa shape index (κ2) is 5.40. The number of aryl methyl sites for hydroxylation is 1. The largest absolute Gasteiger partial charge is 0.298 e. The summed E-state index contributed by atoms with van der Waals surface area (Å²) in [5.41, 5.74) is 1.16. The first-order chi connectivity index (χ1) is 6.22. The highest BCUT2D eigenvalue weighted by Gasteiger charge is 2.00. The van der Waals surface area contributed by atoms with Gasteiger partial charge in [0.15, 0.2) is 0 Å². The maximum absolute atomic E-state index is 10.9. The number of hydrogen-bond donors (Lipinski definition) is 0. The topological polar surface area (TPSA) is 17.1 Å². The van der Waals surface area contributed by atoms with Crippen molar-refractivity contribution in [2.75, 3.05) is 5.88 Å². The van der Waals surface area contributed by atoms with Crippen molar-refractivity contribution in [3.05, 3.63) is 34.3 Å². The zero-order valence-corrected chi connectivity index (χ0v) is 9.44. The molecule has 0 spiro atoms. The van der Waals surface area contributed by atoms with Gasteiger partial charge in [0, 0.05) is 10.9 Å². The molecule has 0 aliphatic rings. The average molecular weight is 262 g/mol. The molecule has 1 aromatic rings. The van der Waals surface area contributed by atoms with E-state index in [1.807, 2.05) is 24.3 Å². The molecular formula is C10H10BrClO. The lowest BCUT2D eigenvalue weighted by Gasteiger charge is -1.99. The summed E-state index contributed by atoms with van der Waals surface area (Å²) in [6.45, 7) is 0. The molecule has 0 N–H and O–H groups in total. The summed E-state index contributed by atoms with van der Waals surface area (Å²) < 4.78 is 1.04. The zero-order chi connectivity index (χ0) is 9.68. The summed E-state index contributed by atoms with van der Waals surface area (Å²) in [6, 6.07) is 7.95. The van der Waals surface area contributed by atoms with Crippen molar-refractivity contribution in [3.63, 3.8) is 0 Å². The van der Waals surface area contributed by atoms with E-state index in [4.69, 9.17) is 11.6 Å². The monoisotopic (exact) mass is 260 g/mol. The van der Waals surface area contributed by atoms with E-state index in [2.05, 4.69) is 15.9 Å². The standard InChI is InChI=1S/C10H10BrClO/c11-9-3-1-2-8(6-9)4-5-10(13)7-12/h1-3,6H,4-5,7H2. The summed E-state index contributed by atoms with van der Waals surface area (Å²) in [5, 5.41) is 0. The highest BCUT2D eigenvalue weighted by Crippen LogP contribution is 2.13. The maximum atomic E-state index is 10.9. The second-order valence-corrected chi connectivity index (χ2v) is 3.99. The third-order valence-electron chi connectivity index (χ3n) is 1.73. The molecule has 70 valence electrons. The second-order valence-electron chi connectivity index (χ2n) is 2.80. The molecule has 0 unspecified atom stereocenters. The highest BCUT2D eigenvalue weighted by molar-refractivity contribution is 9.10. The lowest BCUT2D eigenvalue weighted by molar-refractivity contribution is -0.116. The Balaban J connectivity index is 2.50. The van der Waals surface area contributed by atoms with Crippen molar-refractivity contribution in [1.82, 2.24) is 0 Å². The van der Waals surface area contributed by atoms with Gasteiger partial charge in [-0.3, -0.25) is 4.79 Å². The van der Waals surface area contributed by atoms with Crippen LogP contribution in [0.4, 0.5) is 0 Å². The van der Waals surface area contributed by atoms with Gasteiger partial charge in [-0.25, -0.2) is 0 Å². The summed E-state index contributed by atoms with van der Waals surface area (Å²) in [4.78, 5) is 10.9. The van der Waals surface area contributed by atoms with E-state index in [0.717, 1.165) is 16.5 Å². The van der Waals surface area contributed by atoms with Crippen molar-refractivity contribution in [3.8, 4) is 0 Å². The Kier molecular flexibility index (Phi) is 4.46. The zero-order valence-electron chi connectivity index (χ0n) is 7.09. The van der Waals surface area contributed by atoms with Gasteiger partial charge in [0.05, 0.1) is 5.88 Å². The molecule has 1 nitrogen and oxygen atoms in total. The summed E-state index contributed by atoms with van der Waals surface area (Å²) in [5.74, 6) is 0.218. The van der Waals surface area contributed by atoms with Crippen LogP contribution >= 0.6 is 27.5 Å². The maximum Gasteiger partial charge on any atom is 0.147 e. The van der Waals surface area contributed by atoms with Crippen LogP contribution in [0.3, 0.4) is 0 Å². The van der Waals surface area contributed by atoms with E-state index in [0.29, 0.717) is 6.42 Å². The molecule has 0 aromatic heterocycles. The van der Waals surface area contributed by atoms with Crippen molar-refractivity contribution in [2.24, 2.45) is 0 Å². The minimum absolute atomic E-state index is 0.0987. The fourth-order valence-corrected chi connectivity index (χ4v) is 1.62. The van der Waals surface area contributed by atoms with Gasteiger partial charge >= 0.3 is 0 Å². The molecule has 0 saturated heterocycles. The Labute approximate surface area is 91.2 Å². The summed E-state index contributed by atoms with van der Waals surface area (Å²) in [7, 11) is 0. The van der Waals surface area contributed by atoms with Gasteiger partial charge in [0.1, 0.15) is 5.78 Å². The van der Waals surface area contributed by atoms with E-state index >= 15 is 0 Å². The Bertz CT molecular complexity index is 299. The quantitative estimate of drug-likeness (QED) is 0.761. The molecule has 0 aliphatic carbocycles. The summed E-state index contributed by atoms with van der Waals surface area (Å²) >= 11 is 8.77. The normalized spacial score (nSPS) is 10.0. The van der Waals surface area contributed by atoms with Crippen LogP contribution in [0.15, 0.2) is 28.7 Å². The molecule has 1 rings (SSSR count). The van der Waals surface area contributed by atoms with E-state index < -0.39 is 0 Å². The number of halogens is 2. The molecular weight excluding hydrogens is 251 g/mol. The molecule has 0 bridgehead atoms. The van der Waals surface area contributed by atoms with Crippen LogP contribution in [-0.4, -0.2) is 11.7 Å². The average Bonchev–Trinajstić information content (AvgIpc) is 2.14. The fourth-order valence-electron chi connectivity index (χ4n) is 1.04. The molecule has 0 radical (unpaired) electrons. The number of carbonyl (C=O) groups excluding carboxylic acids is 1. The van der Waals surface area contributed by atoms with Gasteiger partial charge in [0.2, 0.25) is 0 Å². The number of alkyl halides is 1. The van der Waals surface area contributed by atoms with E-state index in [1.54, 1.807) is 0 Å². The Morgan fingerprint density at radius 1 is 1.46 bits per heavy atom. The van der Waals surface area contributed by atoms with Crippen LogP contribution in [-0.2, 0) is 11.2 Å². The van der Waals surface area contributed by atoms with Crippen molar-refractivity contribution >= 4 is 33.3 Å². The molecule has 1 aromatic carbocycles. The first-order valence-corrected chi connectivity index (χ1v) is 5.37. The predicted octanol–water partition coefficient (Wildman–Crippen LogP) is 3.19. The van der Waals surface area contributed by atoms with Gasteiger partial charge in [0.25, 0.3) is 0 Å². The van der Waals surface area contributed by atoms with E-state index in [-0.39, 0.29) is 11.7 Å². The minimum atomic E-state index is 0.0987. The van der Waals surface area contributed by atoms with E-state index in [9.17, 15) is 4.79 Å². The molecule has 0 atom stereocenters. The van der Waals surface area contributed by atoms with E-state index in [1.165, 1.54) is 0 Å². The Morgan fingerprint density at radius 3 is 2.85 bits per heavy atom. The number of hydrogen-bond acceptors (Lipinski definition) is 1. The number of benzene rings is 1. The number of Topliss-reactive ketones (excluding diaryl/α,β-unsaturated/α-hetero) is 1. The van der Waals surface area contributed by atoms with Crippen LogP contribution in [0.5, 0.6) is 0 Å². The van der Waals surface area contributed by atoms with Crippen LogP contribution < -0.4 is 0 Å². The van der Waals surface area contributed by atoms with Crippen LogP contribution in [0.1, 0.15) is 12.0 Å². The van der Waals surface area contributed by atoms with Crippen LogP contribution in [0.25, 0.3) is 0 Å². The minimum Gasteiger partial charge on any atom is -0.298 e. The molecule has 0 fully saturated rings. The molecule has 13 heavy (non-hydrogen) atoms. The van der Waals surface area contributed by atoms with Crippen molar-refractivity contribution in [2.45, 2.75) is 12.8 Å². The van der Waals surface area contributed by atoms with Gasteiger partial charge in [-0.2, -0.15) is 0 Å². The fraction of sp³-hybridized carbons (Fsp3) is 0.300. The SMILES string of the molecule is O=C(CCl)CCc1cccc(Br)c1. The first kappa shape index (κ1) is 10.7. The highest BCUT2D eigenvalue weighted by atomic mass is 79.9. The Morgan fingerprint density at radius 2 is 2.23 bits per heavy atom. The van der Waals surface area contributed by atoms with Gasteiger partial charge in [-0.05, 0) is 24.1 Å². The number of rotatable bonds is 4.